The predicted octanol–water partition coefficient (Wildman–Crippen LogP) is 6.34. The van der Waals surface area contributed by atoms with Crippen LogP contribution < -0.4 is 0 Å². The van der Waals surface area contributed by atoms with Crippen molar-refractivity contribution in [3.05, 3.63) is 77.1 Å². The maximum Gasteiger partial charge on any atom is 0.416 e. The molecule has 2 aromatic carbocycles. The van der Waals surface area contributed by atoms with Crippen LogP contribution in [0.1, 0.15) is 35.7 Å². The van der Waals surface area contributed by atoms with Gasteiger partial charge in [0.15, 0.2) is 11.6 Å². The summed E-state index contributed by atoms with van der Waals surface area (Å²) in [6, 6.07) is 6.96. The van der Waals surface area contributed by atoms with Crippen LogP contribution in [0.2, 0.25) is 0 Å². The topological polar surface area (TPSA) is 80.2 Å². The van der Waals surface area contributed by atoms with Crippen molar-refractivity contribution in [1.82, 2.24) is 14.3 Å². The summed E-state index contributed by atoms with van der Waals surface area (Å²) in [5.74, 6) is -4.14. The lowest BCUT2D eigenvalue weighted by molar-refractivity contribution is -0.143. The molecule has 1 aliphatic heterocycles. The van der Waals surface area contributed by atoms with Gasteiger partial charge in [-0.15, -0.1) is 0 Å². The number of benzene rings is 2. The lowest BCUT2D eigenvalue weighted by atomic mass is 10.0. The molecule has 4 rings (SSSR count). The van der Waals surface area contributed by atoms with Crippen LogP contribution in [0.5, 0.6) is 0 Å². The summed E-state index contributed by atoms with van der Waals surface area (Å²) in [6.07, 6.45) is -8.48. The number of carbonyl (C=O) groups is 1. The number of halogens is 8. The van der Waals surface area contributed by atoms with Crippen LogP contribution in [-0.4, -0.2) is 47.5 Å². The minimum absolute atomic E-state index is 0.0219. The second kappa shape index (κ2) is 10.6. The number of aromatic nitrogens is 2. The Kier molecular flexibility index (Phi) is 7.82. The van der Waals surface area contributed by atoms with E-state index in [4.69, 9.17) is 0 Å². The molecule has 0 saturated carbocycles. The van der Waals surface area contributed by atoms with Gasteiger partial charge in [-0.25, -0.2) is 27.2 Å². The third-order valence-corrected chi connectivity index (χ3v) is 7.99. The highest BCUT2D eigenvalue weighted by atomic mass is 32.2. The molecule has 1 aliphatic rings. The van der Waals surface area contributed by atoms with Gasteiger partial charge in [0.2, 0.25) is 10.0 Å². The molecule has 3 aromatic rings. The van der Waals surface area contributed by atoms with Gasteiger partial charge < -0.3 is 0 Å². The number of nitrogens with zero attached hydrogens (tertiary/aromatic N) is 3. The number of carbonyl (C=O) groups excluding carboxylic acids is 1. The maximum absolute atomic E-state index is 13.5. The zero-order valence-corrected chi connectivity index (χ0v) is 21.7. The Morgan fingerprint density at radius 3 is 2.02 bits per heavy atom. The molecule has 0 N–H and O–H groups in total. The summed E-state index contributed by atoms with van der Waals surface area (Å²) < 4.78 is 133. The Balaban J connectivity index is 1.70. The van der Waals surface area contributed by atoms with Crippen LogP contribution >= 0.6 is 0 Å². The van der Waals surface area contributed by atoms with Crippen molar-refractivity contribution in [2.24, 2.45) is 0 Å². The van der Waals surface area contributed by atoms with Crippen molar-refractivity contribution < 1.29 is 48.3 Å². The first-order valence-corrected chi connectivity index (χ1v) is 13.1. The number of ketones is 1. The first-order valence-electron chi connectivity index (χ1n) is 11.7. The summed E-state index contributed by atoms with van der Waals surface area (Å²) in [7, 11) is -4.23. The van der Waals surface area contributed by atoms with E-state index in [1.54, 1.807) is 0 Å². The molecule has 6 nitrogen and oxygen atoms in total. The molecule has 0 spiro atoms. The van der Waals surface area contributed by atoms with Crippen LogP contribution in [0.4, 0.5) is 35.1 Å². The number of Topliss-reactive ketones (excluding diaryl/α,β-unsaturated/α-hetero) is 1. The molecule has 0 amide bonds. The van der Waals surface area contributed by atoms with E-state index in [-0.39, 0.29) is 34.3 Å². The Labute approximate surface area is 228 Å². The van der Waals surface area contributed by atoms with E-state index in [2.05, 4.69) is 9.97 Å². The van der Waals surface area contributed by atoms with Gasteiger partial charge in [0.25, 0.3) is 5.92 Å². The monoisotopic (exact) mass is 605 g/mol. The number of rotatable bonds is 6. The average Bonchev–Trinajstić information content (AvgIpc) is 3.26. The van der Waals surface area contributed by atoms with Crippen molar-refractivity contribution in [2.75, 3.05) is 13.1 Å². The third-order valence-electron chi connectivity index (χ3n) is 6.13. The summed E-state index contributed by atoms with van der Waals surface area (Å²) in [6.45, 7) is -0.141. The molecular weight excluding hydrogens is 586 g/mol. The van der Waals surface area contributed by atoms with Crippen molar-refractivity contribution in [1.29, 1.82) is 0 Å². The van der Waals surface area contributed by atoms with Gasteiger partial charge in [0, 0.05) is 30.3 Å². The second-order valence-electron chi connectivity index (χ2n) is 9.18. The Morgan fingerprint density at radius 2 is 1.54 bits per heavy atom. The highest BCUT2D eigenvalue weighted by molar-refractivity contribution is 7.89. The molecule has 0 unspecified atom stereocenters. The molecule has 218 valence electrons. The molecule has 2 heterocycles. The Morgan fingerprint density at radius 1 is 0.951 bits per heavy atom. The Bertz CT molecular complexity index is 1580. The largest absolute Gasteiger partial charge is 0.416 e. The number of allylic oxidation sites excluding steroid dienone is 1. The normalized spacial score (nSPS) is 16.7. The third kappa shape index (κ3) is 6.78. The molecule has 1 saturated heterocycles. The summed E-state index contributed by atoms with van der Waals surface area (Å²) >= 11 is 0. The zero-order valence-electron chi connectivity index (χ0n) is 20.9. The van der Waals surface area contributed by atoms with Crippen molar-refractivity contribution in [3.8, 4) is 11.4 Å². The van der Waals surface area contributed by atoms with E-state index in [9.17, 15) is 48.3 Å². The fourth-order valence-corrected chi connectivity index (χ4v) is 5.55. The molecule has 41 heavy (non-hydrogen) atoms. The number of hydrogen-bond donors (Lipinski definition) is 0. The van der Waals surface area contributed by atoms with Crippen molar-refractivity contribution in [2.45, 2.75) is 36.5 Å². The van der Waals surface area contributed by atoms with Gasteiger partial charge in [-0.05, 0) is 55.0 Å². The van der Waals surface area contributed by atoms with Crippen LogP contribution in [-0.2, 0) is 27.2 Å². The van der Waals surface area contributed by atoms with Gasteiger partial charge in [0.05, 0.1) is 28.3 Å². The first kappa shape index (κ1) is 30.2. The van der Waals surface area contributed by atoms with Crippen LogP contribution in [0.15, 0.2) is 59.6 Å². The first-order chi connectivity index (χ1) is 18.9. The highest BCUT2D eigenvalue weighted by Crippen LogP contribution is 2.38. The predicted molar refractivity (Wildman–Crippen MR) is 131 cm³/mol. The van der Waals surface area contributed by atoms with Gasteiger partial charge in [-0.1, -0.05) is 12.1 Å². The standard InChI is InChI=1S/C26H19F8N3O3S/c1-15(38)22(16-2-4-21(5-3-16)41(39,40)37-9-7-24(27,28)14-37)13-20-6-8-35-23(36-20)17-10-18(25(29,30)31)12-19(11-17)26(32,33)34/h2-6,8,10-13H,7,9,14H2,1H3/b22-13-. The summed E-state index contributed by atoms with van der Waals surface area (Å²) in [5.41, 5.74) is -3.53. The van der Waals surface area contributed by atoms with Gasteiger partial charge in [-0.3, -0.25) is 4.79 Å². The SMILES string of the molecule is CC(=O)/C(=C/c1ccnc(-c2cc(C(F)(F)F)cc(C(F)(F)F)c2)n1)c1ccc(S(=O)(=O)N2CCC(F)(F)C2)cc1. The lowest BCUT2D eigenvalue weighted by Crippen LogP contribution is -2.31. The number of hydrogen-bond acceptors (Lipinski definition) is 5. The smallest absolute Gasteiger partial charge is 0.294 e. The minimum atomic E-state index is -5.08. The molecule has 0 bridgehead atoms. The fourth-order valence-electron chi connectivity index (χ4n) is 4.08. The van der Waals surface area contributed by atoms with Gasteiger partial charge in [-0.2, -0.15) is 30.6 Å². The second-order valence-corrected chi connectivity index (χ2v) is 11.1. The van der Waals surface area contributed by atoms with E-state index in [0.29, 0.717) is 16.4 Å². The zero-order chi connectivity index (χ0) is 30.4. The van der Waals surface area contributed by atoms with E-state index in [1.807, 2.05) is 0 Å². The van der Waals surface area contributed by atoms with Crippen LogP contribution in [0.25, 0.3) is 23.0 Å². The van der Waals surface area contributed by atoms with E-state index in [1.165, 1.54) is 31.2 Å². The summed E-state index contributed by atoms with van der Waals surface area (Å²) in [5, 5.41) is 0. The van der Waals surface area contributed by atoms with E-state index >= 15 is 0 Å². The van der Waals surface area contributed by atoms with Gasteiger partial charge in [0.1, 0.15) is 0 Å². The maximum atomic E-state index is 13.5. The average molecular weight is 606 g/mol. The molecule has 0 radical (unpaired) electrons. The number of sulfonamides is 1. The highest BCUT2D eigenvalue weighted by Gasteiger charge is 2.43. The number of alkyl halides is 8. The molecule has 1 fully saturated rings. The van der Waals surface area contributed by atoms with Crippen molar-refractivity contribution >= 4 is 27.5 Å². The minimum Gasteiger partial charge on any atom is -0.294 e. The molecule has 0 aliphatic carbocycles. The van der Waals surface area contributed by atoms with E-state index < -0.39 is 69.6 Å². The van der Waals surface area contributed by atoms with Crippen LogP contribution in [0, 0.1) is 0 Å². The quantitative estimate of drug-likeness (QED) is 0.242. The van der Waals surface area contributed by atoms with Gasteiger partial charge >= 0.3 is 12.4 Å². The fraction of sp³-hybridized carbons (Fsp3) is 0.269. The summed E-state index contributed by atoms with van der Waals surface area (Å²) in [4.78, 5) is 19.9. The van der Waals surface area contributed by atoms with Crippen molar-refractivity contribution in [3.63, 3.8) is 0 Å². The molecule has 15 heteroatoms. The van der Waals surface area contributed by atoms with Crippen LogP contribution in [0.3, 0.4) is 0 Å². The molecule has 1 aromatic heterocycles. The molecular formula is C26H19F8N3O3S. The molecule has 0 atom stereocenters. The van der Waals surface area contributed by atoms with E-state index in [0.717, 1.165) is 18.3 Å². The lowest BCUT2D eigenvalue weighted by Gasteiger charge is -2.16. The Hall–Kier alpha value is -3.72.